The molecule has 0 saturated heterocycles. The van der Waals surface area contributed by atoms with Crippen LogP contribution in [0.3, 0.4) is 0 Å². The number of halogens is 2. The number of aromatic nitrogens is 1. The molecule has 0 saturated carbocycles. The van der Waals surface area contributed by atoms with Crippen LogP contribution in [0.1, 0.15) is 0 Å². The van der Waals surface area contributed by atoms with Gasteiger partial charge < -0.3 is 11.5 Å². The van der Waals surface area contributed by atoms with Gasteiger partial charge in [-0.3, -0.25) is 0 Å². The number of rotatable bonds is 2. The van der Waals surface area contributed by atoms with Crippen molar-refractivity contribution in [3.05, 3.63) is 35.5 Å². The Kier molecular flexibility index (Phi) is 4.59. The van der Waals surface area contributed by atoms with Crippen LogP contribution in [0, 0.1) is 5.82 Å². The van der Waals surface area contributed by atoms with Gasteiger partial charge in [0.2, 0.25) is 5.13 Å². The van der Waals surface area contributed by atoms with E-state index in [-0.39, 0.29) is 28.8 Å². The van der Waals surface area contributed by atoms with E-state index in [9.17, 15) is 4.39 Å². The second-order valence-corrected chi connectivity index (χ2v) is 3.87. The van der Waals surface area contributed by atoms with Gasteiger partial charge in [0, 0.05) is 10.9 Å². The summed E-state index contributed by atoms with van der Waals surface area (Å²) >= 11 is 1.26. The second kappa shape index (κ2) is 5.74. The number of thiazole rings is 1. The van der Waals surface area contributed by atoms with Gasteiger partial charge in [-0.2, -0.15) is 4.99 Å². The predicted molar refractivity (Wildman–Crippen MR) is 73.3 cm³/mol. The van der Waals surface area contributed by atoms with Crippen molar-refractivity contribution in [2.24, 2.45) is 16.5 Å². The Morgan fingerprint density at radius 1 is 1.29 bits per heavy atom. The van der Waals surface area contributed by atoms with E-state index in [4.69, 9.17) is 11.5 Å². The maximum atomic E-state index is 13.4. The number of nitrogens with zero attached hydrogens (tertiary/aromatic N) is 2. The average molecular weight is 317 g/mol. The minimum Gasteiger partial charge on any atom is -0.370 e. The Hall–Kier alpha value is -1.47. The van der Waals surface area contributed by atoms with Crippen molar-refractivity contribution in [2.45, 2.75) is 0 Å². The van der Waals surface area contributed by atoms with Crippen LogP contribution in [0.15, 0.2) is 34.6 Å². The number of nitrogens with two attached hydrogens (primary N) is 2. The van der Waals surface area contributed by atoms with E-state index < -0.39 is 0 Å². The molecule has 17 heavy (non-hydrogen) atoms. The zero-order chi connectivity index (χ0) is 11.5. The van der Waals surface area contributed by atoms with Crippen molar-refractivity contribution >= 4 is 39.4 Å². The van der Waals surface area contributed by atoms with Gasteiger partial charge in [-0.1, -0.05) is 12.1 Å². The summed E-state index contributed by atoms with van der Waals surface area (Å²) in [5, 5.41) is 2.12. The van der Waals surface area contributed by atoms with Gasteiger partial charge in [0.05, 0.1) is 5.69 Å². The first-order valence-corrected chi connectivity index (χ1v) is 5.35. The molecule has 0 spiro atoms. The van der Waals surface area contributed by atoms with Crippen LogP contribution in [0.5, 0.6) is 0 Å². The Labute approximate surface area is 112 Å². The molecule has 2 rings (SSSR count). The van der Waals surface area contributed by atoms with Gasteiger partial charge in [0.1, 0.15) is 5.82 Å². The molecule has 1 heterocycles. The normalized spacial score (nSPS) is 9.47. The zero-order valence-corrected chi connectivity index (χ0v) is 11.2. The summed E-state index contributed by atoms with van der Waals surface area (Å²) in [6.07, 6.45) is 0. The van der Waals surface area contributed by atoms with Crippen molar-refractivity contribution in [1.29, 1.82) is 0 Å². The van der Waals surface area contributed by atoms with E-state index in [1.165, 1.54) is 17.4 Å². The van der Waals surface area contributed by atoms with Crippen LogP contribution in [0.2, 0.25) is 0 Å². The fourth-order valence-corrected chi connectivity index (χ4v) is 1.92. The Bertz CT molecular complexity index is 537. The highest BCUT2D eigenvalue weighted by molar-refractivity contribution is 8.93. The molecule has 0 fully saturated rings. The van der Waals surface area contributed by atoms with E-state index >= 15 is 0 Å². The summed E-state index contributed by atoms with van der Waals surface area (Å²) in [5.41, 5.74) is 11.4. The van der Waals surface area contributed by atoms with Gasteiger partial charge in [-0.05, 0) is 12.1 Å². The summed E-state index contributed by atoms with van der Waals surface area (Å²) in [6, 6.07) is 6.42. The summed E-state index contributed by atoms with van der Waals surface area (Å²) < 4.78 is 13.4. The maximum absolute atomic E-state index is 13.4. The molecule has 1 aromatic carbocycles. The molecule has 0 aliphatic carbocycles. The maximum Gasteiger partial charge on any atom is 0.212 e. The van der Waals surface area contributed by atoms with Crippen molar-refractivity contribution < 1.29 is 4.39 Å². The molecule has 4 nitrogen and oxygen atoms in total. The second-order valence-electron chi connectivity index (χ2n) is 3.03. The third-order valence-corrected chi connectivity index (χ3v) is 2.60. The summed E-state index contributed by atoms with van der Waals surface area (Å²) in [5.74, 6) is -0.376. The fourth-order valence-electron chi connectivity index (χ4n) is 1.22. The first-order chi connectivity index (χ1) is 7.66. The molecule has 0 radical (unpaired) electrons. The SMILES string of the molecule is Br.NC(N)=Nc1nc(-c2ccccc2F)cs1. The topological polar surface area (TPSA) is 77.3 Å². The van der Waals surface area contributed by atoms with Crippen molar-refractivity contribution in [3.8, 4) is 11.3 Å². The molecule has 0 aliphatic heterocycles. The molecule has 0 unspecified atom stereocenters. The highest BCUT2D eigenvalue weighted by Crippen LogP contribution is 2.27. The molecule has 7 heteroatoms. The molecule has 90 valence electrons. The van der Waals surface area contributed by atoms with Crippen molar-refractivity contribution in [3.63, 3.8) is 0 Å². The van der Waals surface area contributed by atoms with Gasteiger partial charge in [0.25, 0.3) is 0 Å². The molecule has 1 aromatic heterocycles. The smallest absolute Gasteiger partial charge is 0.212 e. The lowest BCUT2D eigenvalue weighted by molar-refractivity contribution is 0.631. The summed E-state index contributed by atoms with van der Waals surface area (Å²) in [6.45, 7) is 0. The minimum absolute atomic E-state index is 0. The van der Waals surface area contributed by atoms with Crippen molar-refractivity contribution in [2.75, 3.05) is 0 Å². The number of hydrogen-bond donors (Lipinski definition) is 2. The van der Waals surface area contributed by atoms with E-state index in [0.29, 0.717) is 16.4 Å². The molecule has 4 N–H and O–H groups in total. The minimum atomic E-state index is -0.316. The molecule has 0 bridgehead atoms. The highest BCUT2D eigenvalue weighted by atomic mass is 79.9. The number of benzene rings is 1. The molecular weight excluding hydrogens is 307 g/mol. The predicted octanol–water partition coefficient (Wildman–Crippen LogP) is 2.43. The Morgan fingerprint density at radius 3 is 2.65 bits per heavy atom. The lowest BCUT2D eigenvalue weighted by atomic mass is 10.2. The average Bonchev–Trinajstić information content (AvgIpc) is 2.66. The molecule has 0 atom stereocenters. The standard InChI is InChI=1S/C10H9FN4S.BrH/c11-7-4-2-1-3-6(7)8-5-16-10(14-8)15-9(12)13;/h1-5H,(H4,12,13,14,15);1H. The molecule has 0 amide bonds. The van der Waals surface area contributed by atoms with Gasteiger partial charge in [0.15, 0.2) is 5.96 Å². The third-order valence-electron chi connectivity index (χ3n) is 1.87. The van der Waals surface area contributed by atoms with Crippen LogP contribution in [-0.4, -0.2) is 10.9 Å². The van der Waals surface area contributed by atoms with Crippen LogP contribution in [0.25, 0.3) is 11.3 Å². The monoisotopic (exact) mass is 316 g/mol. The number of aliphatic imine (C=N–C) groups is 1. The van der Waals surface area contributed by atoms with E-state index in [2.05, 4.69) is 9.98 Å². The summed E-state index contributed by atoms with van der Waals surface area (Å²) in [4.78, 5) is 7.90. The van der Waals surface area contributed by atoms with Gasteiger partial charge in [-0.25, -0.2) is 9.37 Å². The van der Waals surface area contributed by atoms with Crippen LogP contribution in [-0.2, 0) is 0 Å². The van der Waals surface area contributed by atoms with Crippen molar-refractivity contribution in [1.82, 2.24) is 4.98 Å². The van der Waals surface area contributed by atoms with E-state index in [1.807, 2.05) is 0 Å². The van der Waals surface area contributed by atoms with Gasteiger partial charge in [-0.15, -0.1) is 28.3 Å². The number of guanidine groups is 1. The quantitative estimate of drug-likeness (QED) is 0.660. The highest BCUT2D eigenvalue weighted by Gasteiger charge is 2.08. The number of hydrogen-bond acceptors (Lipinski definition) is 3. The lowest BCUT2D eigenvalue weighted by Gasteiger charge is -1.96. The largest absolute Gasteiger partial charge is 0.370 e. The van der Waals surface area contributed by atoms with Crippen LogP contribution >= 0.6 is 28.3 Å². The first-order valence-electron chi connectivity index (χ1n) is 4.47. The van der Waals surface area contributed by atoms with E-state index in [1.54, 1.807) is 23.6 Å². The molecule has 0 aliphatic rings. The molecule has 2 aromatic rings. The van der Waals surface area contributed by atoms with Crippen LogP contribution in [0.4, 0.5) is 9.52 Å². The lowest BCUT2D eigenvalue weighted by Crippen LogP contribution is -2.21. The van der Waals surface area contributed by atoms with Crippen LogP contribution < -0.4 is 11.5 Å². The zero-order valence-electron chi connectivity index (χ0n) is 8.63. The first kappa shape index (κ1) is 13.6. The fraction of sp³-hybridized carbons (Fsp3) is 0. The van der Waals surface area contributed by atoms with E-state index in [0.717, 1.165) is 0 Å². The Balaban J connectivity index is 0.00000144. The molecular formula is C10H10BrFN4S. The summed E-state index contributed by atoms with van der Waals surface area (Å²) in [7, 11) is 0. The Morgan fingerprint density at radius 2 is 2.00 bits per heavy atom. The van der Waals surface area contributed by atoms with Gasteiger partial charge >= 0.3 is 0 Å². The third kappa shape index (κ3) is 3.24.